The van der Waals surface area contributed by atoms with Crippen LogP contribution in [0.25, 0.3) is 11.3 Å². The van der Waals surface area contributed by atoms with Gasteiger partial charge in [0, 0.05) is 17.8 Å². The second kappa shape index (κ2) is 8.58. The number of amides is 1. The maximum Gasteiger partial charge on any atom is 0.230 e. The van der Waals surface area contributed by atoms with Crippen molar-refractivity contribution in [2.24, 2.45) is 0 Å². The Hall–Kier alpha value is -2.73. The quantitative estimate of drug-likeness (QED) is 0.528. The molecular weight excluding hydrogens is 349 g/mol. The van der Waals surface area contributed by atoms with Crippen LogP contribution in [-0.4, -0.2) is 21.6 Å². The van der Waals surface area contributed by atoms with Crippen molar-refractivity contribution in [2.75, 3.05) is 5.75 Å². The molecule has 0 unspecified atom stereocenters. The Morgan fingerprint density at radius 3 is 2.54 bits per heavy atom. The molecule has 132 valence electrons. The molecule has 0 fully saturated rings. The zero-order chi connectivity index (χ0) is 18.4. The lowest BCUT2D eigenvalue weighted by molar-refractivity contribution is -0.118. The van der Waals surface area contributed by atoms with Gasteiger partial charge in [-0.2, -0.15) is 0 Å². The second-order valence-electron chi connectivity index (χ2n) is 5.74. The van der Waals surface area contributed by atoms with Crippen LogP contribution in [0.2, 0.25) is 0 Å². The zero-order valence-electron chi connectivity index (χ0n) is 14.3. The van der Waals surface area contributed by atoms with E-state index in [1.165, 1.54) is 23.9 Å². The lowest BCUT2D eigenvalue weighted by Crippen LogP contribution is -2.24. The topological polar surface area (TPSA) is 54.9 Å². The maximum absolute atomic E-state index is 12.9. The highest BCUT2D eigenvalue weighted by Gasteiger charge is 2.08. The van der Waals surface area contributed by atoms with Crippen LogP contribution in [0.4, 0.5) is 4.39 Å². The van der Waals surface area contributed by atoms with Crippen molar-refractivity contribution in [2.45, 2.75) is 18.6 Å². The van der Waals surface area contributed by atoms with Gasteiger partial charge in [0.2, 0.25) is 5.91 Å². The summed E-state index contributed by atoms with van der Waals surface area (Å²) in [5.74, 6) is -0.189. The van der Waals surface area contributed by atoms with Gasteiger partial charge in [0.15, 0.2) is 5.16 Å². The first-order valence-corrected chi connectivity index (χ1v) is 9.14. The summed E-state index contributed by atoms with van der Waals surface area (Å²) < 4.78 is 12.9. The average molecular weight is 367 g/mol. The molecule has 0 aliphatic carbocycles. The van der Waals surface area contributed by atoms with Gasteiger partial charge in [-0.25, -0.2) is 14.4 Å². The van der Waals surface area contributed by atoms with Crippen molar-refractivity contribution in [1.29, 1.82) is 0 Å². The summed E-state index contributed by atoms with van der Waals surface area (Å²) in [5, 5.41) is 3.38. The van der Waals surface area contributed by atoms with Gasteiger partial charge in [-0.1, -0.05) is 54.2 Å². The van der Waals surface area contributed by atoms with Crippen LogP contribution in [0, 0.1) is 12.7 Å². The van der Waals surface area contributed by atoms with Gasteiger partial charge < -0.3 is 5.32 Å². The van der Waals surface area contributed by atoms with E-state index in [0.29, 0.717) is 11.7 Å². The maximum atomic E-state index is 12.9. The number of hydrogen-bond acceptors (Lipinski definition) is 4. The van der Waals surface area contributed by atoms with Crippen LogP contribution in [0.3, 0.4) is 0 Å². The first-order valence-electron chi connectivity index (χ1n) is 8.15. The SMILES string of the molecule is Cc1cc(-c2ccccc2)nc(SCC(=O)NCc2ccc(F)cc2)n1. The standard InChI is InChI=1S/C20H18FN3OS/c1-14-11-18(16-5-3-2-4-6-16)24-20(23-14)26-13-19(25)22-12-15-7-9-17(21)10-8-15/h2-11H,12-13H2,1H3,(H,22,25). The number of halogens is 1. The van der Waals surface area contributed by atoms with Gasteiger partial charge >= 0.3 is 0 Å². The minimum absolute atomic E-state index is 0.120. The van der Waals surface area contributed by atoms with Gasteiger partial charge in [-0.05, 0) is 30.7 Å². The van der Waals surface area contributed by atoms with Gasteiger partial charge in [-0.3, -0.25) is 4.79 Å². The number of aromatic nitrogens is 2. The minimum Gasteiger partial charge on any atom is -0.351 e. The van der Waals surface area contributed by atoms with E-state index in [9.17, 15) is 9.18 Å². The van der Waals surface area contributed by atoms with Crippen LogP contribution in [0.1, 0.15) is 11.3 Å². The fourth-order valence-electron chi connectivity index (χ4n) is 2.35. The summed E-state index contributed by atoms with van der Waals surface area (Å²) in [6.45, 7) is 2.27. The molecule has 0 aliphatic heterocycles. The Kier molecular flexibility index (Phi) is 5.96. The number of rotatable bonds is 6. The number of carbonyl (C=O) groups excluding carboxylic acids is 1. The minimum atomic E-state index is -0.290. The van der Waals surface area contributed by atoms with Crippen molar-refractivity contribution in [3.63, 3.8) is 0 Å². The third-order valence-corrected chi connectivity index (χ3v) is 4.49. The number of carbonyl (C=O) groups is 1. The van der Waals surface area contributed by atoms with E-state index in [0.717, 1.165) is 22.5 Å². The number of thioether (sulfide) groups is 1. The van der Waals surface area contributed by atoms with E-state index in [1.807, 2.05) is 43.3 Å². The van der Waals surface area contributed by atoms with Crippen LogP contribution in [-0.2, 0) is 11.3 Å². The van der Waals surface area contributed by atoms with Crippen LogP contribution in [0.15, 0.2) is 65.8 Å². The average Bonchev–Trinajstić information content (AvgIpc) is 2.66. The van der Waals surface area contributed by atoms with Crippen molar-refractivity contribution >= 4 is 17.7 Å². The molecule has 0 radical (unpaired) electrons. The van der Waals surface area contributed by atoms with Crippen LogP contribution in [0.5, 0.6) is 0 Å². The Balaban J connectivity index is 1.58. The van der Waals surface area contributed by atoms with E-state index in [4.69, 9.17) is 0 Å². The molecule has 6 heteroatoms. The highest BCUT2D eigenvalue weighted by Crippen LogP contribution is 2.21. The summed E-state index contributed by atoms with van der Waals surface area (Å²) in [6, 6.07) is 17.8. The van der Waals surface area contributed by atoms with Crippen molar-refractivity contribution in [3.05, 3.63) is 77.7 Å². The van der Waals surface area contributed by atoms with Crippen molar-refractivity contribution in [1.82, 2.24) is 15.3 Å². The Morgan fingerprint density at radius 1 is 1.08 bits per heavy atom. The summed E-state index contributed by atoms with van der Waals surface area (Å²) in [6.07, 6.45) is 0. The van der Waals surface area contributed by atoms with Gasteiger partial charge in [-0.15, -0.1) is 0 Å². The molecule has 0 atom stereocenters. The highest BCUT2D eigenvalue weighted by atomic mass is 32.2. The molecule has 3 rings (SSSR count). The molecule has 1 amide bonds. The molecule has 1 N–H and O–H groups in total. The number of hydrogen-bond donors (Lipinski definition) is 1. The number of nitrogens with one attached hydrogen (secondary N) is 1. The smallest absolute Gasteiger partial charge is 0.230 e. The Labute approximate surface area is 155 Å². The van der Waals surface area contributed by atoms with Crippen LogP contribution < -0.4 is 5.32 Å². The highest BCUT2D eigenvalue weighted by molar-refractivity contribution is 7.99. The van der Waals surface area contributed by atoms with Crippen LogP contribution >= 0.6 is 11.8 Å². The Morgan fingerprint density at radius 2 is 1.81 bits per heavy atom. The third-order valence-electron chi connectivity index (χ3n) is 3.64. The lowest BCUT2D eigenvalue weighted by atomic mass is 10.1. The second-order valence-corrected chi connectivity index (χ2v) is 6.68. The number of nitrogens with zero attached hydrogens (tertiary/aromatic N) is 2. The molecule has 1 aromatic heterocycles. The molecule has 1 heterocycles. The number of benzene rings is 2. The van der Waals surface area contributed by atoms with E-state index >= 15 is 0 Å². The number of aryl methyl sites for hydroxylation is 1. The lowest BCUT2D eigenvalue weighted by Gasteiger charge is -2.07. The van der Waals surface area contributed by atoms with Crippen molar-refractivity contribution in [3.8, 4) is 11.3 Å². The molecule has 0 aliphatic rings. The molecule has 0 bridgehead atoms. The zero-order valence-corrected chi connectivity index (χ0v) is 15.1. The normalized spacial score (nSPS) is 10.5. The van der Waals surface area contributed by atoms with Crippen molar-refractivity contribution < 1.29 is 9.18 Å². The first kappa shape index (κ1) is 18.1. The summed E-state index contributed by atoms with van der Waals surface area (Å²) >= 11 is 1.29. The molecule has 3 aromatic rings. The van der Waals surface area contributed by atoms with Gasteiger partial charge in [0.25, 0.3) is 0 Å². The molecule has 0 saturated carbocycles. The van der Waals surface area contributed by atoms with E-state index in [1.54, 1.807) is 12.1 Å². The van der Waals surface area contributed by atoms with Gasteiger partial charge in [0.1, 0.15) is 5.82 Å². The fraction of sp³-hybridized carbons (Fsp3) is 0.150. The predicted octanol–water partition coefficient (Wildman–Crippen LogP) is 4.00. The molecule has 0 saturated heterocycles. The summed E-state index contributed by atoms with van der Waals surface area (Å²) in [4.78, 5) is 21.0. The summed E-state index contributed by atoms with van der Waals surface area (Å²) in [7, 11) is 0. The largest absolute Gasteiger partial charge is 0.351 e. The molecule has 2 aromatic carbocycles. The van der Waals surface area contributed by atoms with E-state index < -0.39 is 0 Å². The predicted molar refractivity (Wildman–Crippen MR) is 101 cm³/mol. The summed E-state index contributed by atoms with van der Waals surface area (Å²) in [5.41, 5.74) is 3.56. The molecule has 26 heavy (non-hydrogen) atoms. The third kappa shape index (κ3) is 5.13. The first-order chi connectivity index (χ1) is 12.6. The monoisotopic (exact) mass is 367 g/mol. The Bertz CT molecular complexity index is 885. The van der Waals surface area contributed by atoms with E-state index in [2.05, 4.69) is 15.3 Å². The molecular formula is C20H18FN3OS. The van der Waals surface area contributed by atoms with Gasteiger partial charge in [0.05, 0.1) is 11.4 Å². The molecule has 4 nitrogen and oxygen atoms in total. The fourth-order valence-corrected chi connectivity index (χ4v) is 3.08. The van der Waals surface area contributed by atoms with E-state index in [-0.39, 0.29) is 17.5 Å². The molecule has 0 spiro atoms.